The van der Waals surface area contributed by atoms with Crippen LogP contribution in [0.15, 0.2) is 24.3 Å². The maximum atomic E-state index is 12.1. The van der Waals surface area contributed by atoms with Crippen molar-refractivity contribution in [1.29, 1.82) is 5.26 Å². The third kappa shape index (κ3) is 5.65. The van der Waals surface area contributed by atoms with Crippen LogP contribution in [-0.4, -0.2) is 68.1 Å². The number of nitrogens with one attached hydrogen (secondary N) is 1. The summed E-state index contributed by atoms with van der Waals surface area (Å²) in [6.07, 6.45) is 0.348. The molecular formula is C17H22N4O3. The number of amides is 2. The van der Waals surface area contributed by atoms with Crippen LogP contribution in [0, 0.1) is 11.3 Å². The van der Waals surface area contributed by atoms with Crippen LogP contribution >= 0.6 is 0 Å². The number of carbonyl (C=O) groups excluding carboxylic acids is 2. The molecule has 1 aliphatic heterocycles. The van der Waals surface area contributed by atoms with Crippen LogP contribution in [0.1, 0.15) is 5.56 Å². The van der Waals surface area contributed by atoms with E-state index in [-0.39, 0.29) is 24.9 Å². The molecule has 0 unspecified atom stereocenters. The number of benzene rings is 1. The van der Waals surface area contributed by atoms with Crippen LogP contribution in [0.3, 0.4) is 0 Å². The molecule has 2 amide bonds. The summed E-state index contributed by atoms with van der Waals surface area (Å²) in [5.74, 6) is -0.172. The number of ether oxygens (including phenoxy) is 1. The number of likely N-dealkylation sites (N-methyl/N-ethyl adjacent to an activating group) is 1. The minimum Gasteiger partial charge on any atom is -0.378 e. The number of carbonyl (C=O) groups is 2. The van der Waals surface area contributed by atoms with Crippen molar-refractivity contribution in [3.8, 4) is 6.07 Å². The van der Waals surface area contributed by atoms with Gasteiger partial charge in [-0.2, -0.15) is 5.26 Å². The van der Waals surface area contributed by atoms with E-state index in [0.29, 0.717) is 38.4 Å². The summed E-state index contributed by atoms with van der Waals surface area (Å²) in [6.45, 7) is 2.68. The first-order valence-electron chi connectivity index (χ1n) is 7.88. The summed E-state index contributed by atoms with van der Waals surface area (Å²) in [4.78, 5) is 27.6. The molecule has 0 atom stereocenters. The van der Waals surface area contributed by atoms with Gasteiger partial charge in [0.1, 0.15) is 0 Å². The van der Waals surface area contributed by atoms with Crippen molar-refractivity contribution in [2.45, 2.75) is 6.42 Å². The van der Waals surface area contributed by atoms with E-state index < -0.39 is 0 Å². The van der Waals surface area contributed by atoms with Crippen LogP contribution in [-0.2, 0) is 20.7 Å². The van der Waals surface area contributed by atoms with E-state index >= 15 is 0 Å². The molecule has 1 N–H and O–H groups in total. The first-order chi connectivity index (χ1) is 11.6. The second kappa shape index (κ2) is 9.01. The number of rotatable bonds is 6. The van der Waals surface area contributed by atoms with E-state index in [0.717, 1.165) is 5.56 Å². The smallest absolute Gasteiger partial charge is 0.238 e. The Morgan fingerprint density at radius 1 is 1.25 bits per heavy atom. The van der Waals surface area contributed by atoms with Crippen molar-refractivity contribution in [3.63, 3.8) is 0 Å². The zero-order chi connectivity index (χ0) is 17.4. The molecule has 0 bridgehead atoms. The Labute approximate surface area is 141 Å². The van der Waals surface area contributed by atoms with Gasteiger partial charge in [-0.25, -0.2) is 0 Å². The Bertz CT molecular complexity index is 603. The molecule has 0 radical (unpaired) electrons. The van der Waals surface area contributed by atoms with Gasteiger partial charge in [0.25, 0.3) is 0 Å². The highest BCUT2D eigenvalue weighted by Gasteiger charge is 2.19. The Morgan fingerprint density at radius 2 is 1.92 bits per heavy atom. The lowest BCUT2D eigenvalue weighted by Crippen LogP contribution is -2.46. The van der Waals surface area contributed by atoms with Gasteiger partial charge in [-0.05, 0) is 24.7 Å². The van der Waals surface area contributed by atoms with E-state index in [4.69, 9.17) is 10.00 Å². The minimum absolute atomic E-state index is 0.00876. The highest BCUT2D eigenvalue weighted by atomic mass is 16.5. The molecule has 128 valence electrons. The molecule has 1 fully saturated rings. The van der Waals surface area contributed by atoms with E-state index in [1.807, 2.05) is 12.1 Å². The molecule has 1 aromatic rings. The number of hydrogen-bond donors (Lipinski definition) is 1. The molecule has 0 spiro atoms. The van der Waals surface area contributed by atoms with E-state index in [9.17, 15) is 9.59 Å². The van der Waals surface area contributed by atoms with Crippen LogP contribution in [0.5, 0.6) is 0 Å². The van der Waals surface area contributed by atoms with Gasteiger partial charge < -0.3 is 15.0 Å². The highest BCUT2D eigenvalue weighted by molar-refractivity contribution is 5.92. The molecule has 1 saturated heterocycles. The van der Waals surface area contributed by atoms with E-state index in [2.05, 4.69) is 11.4 Å². The molecule has 1 aromatic carbocycles. The molecular weight excluding hydrogens is 308 g/mol. The second-order valence-electron chi connectivity index (χ2n) is 5.75. The number of hydrogen-bond acceptors (Lipinski definition) is 5. The summed E-state index contributed by atoms with van der Waals surface area (Å²) in [5.41, 5.74) is 1.58. The third-order valence-electron chi connectivity index (χ3n) is 3.70. The quantitative estimate of drug-likeness (QED) is 0.820. The molecule has 7 nitrogen and oxygen atoms in total. The lowest BCUT2D eigenvalue weighted by molar-refractivity contribution is -0.136. The lowest BCUT2D eigenvalue weighted by Gasteiger charge is -2.28. The van der Waals surface area contributed by atoms with Gasteiger partial charge in [-0.15, -0.1) is 0 Å². The summed E-state index contributed by atoms with van der Waals surface area (Å²) >= 11 is 0. The summed E-state index contributed by atoms with van der Waals surface area (Å²) < 4.78 is 5.22. The van der Waals surface area contributed by atoms with Crippen LogP contribution < -0.4 is 5.32 Å². The number of anilines is 1. The largest absolute Gasteiger partial charge is 0.378 e. The fourth-order valence-corrected chi connectivity index (χ4v) is 2.44. The average molecular weight is 330 g/mol. The minimum atomic E-state index is -0.180. The Morgan fingerprint density at radius 3 is 2.54 bits per heavy atom. The fourth-order valence-electron chi connectivity index (χ4n) is 2.44. The van der Waals surface area contributed by atoms with Crippen molar-refractivity contribution < 1.29 is 14.3 Å². The molecule has 24 heavy (non-hydrogen) atoms. The van der Waals surface area contributed by atoms with E-state index in [1.165, 1.54) is 0 Å². The first kappa shape index (κ1) is 17.9. The van der Waals surface area contributed by atoms with Gasteiger partial charge in [-0.1, -0.05) is 12.1 Å². The van der Waals surface area contributed by atoms with Crippen molar-refractivity contribution in [2.24, 2.45) is 0 Å². The molecule has 0 saturated carbocycles. The SMILES string of the molecule is CN(CC(=O)Nc1ccc(CC#N)cc1)CC(=O)N1CCOCC1. The van der Waals surface area contributed by atoms with Gasteiger partial charge in [0.2, 0.25) is 11.8 Å². The third-order valence-corrected chi connectivity index (χ3v) is 3.70. The summed E-state index contributed by atoms with van der Waals surface area (Å²) in [5, 5.41) is 11.4. The normalized spacial score (nSPS) is 14.3. The standard InChI is InChI=1S/C17H22N4O3/c1-20(13-17(23)21-8-10-24-11-9-21)12-16(22)19-15-4-2-14(3-5-15)6-7-18/h2-5H,6,8-13H2,1H3,(H,19,22). The van der Waals surface area contributed by atoms with Gasteiger partial charge in [0.05, 0.1) is 38.8 Å². The average Bonchev–Trinajstić information content (AvgIpc) is 2.57. The van der Waals surface area contributed by atoms with Crippen molar-refractivity contribution >= 4 is 17.5 Å². The maximum absolute atomic E-state index is 12.1. The van der Waals surface area contributed by atoms with Crippen LogP contribution in [0.25, 0.3) is 0 Å². The second-order valence-corrected chi connectivity index (χ2v) is 5.75. The van der Waals surface area contributed by atoms with Gasteiger partial charge in [0, 0.05) is 18.8 Å². The Kier molecular flexibility index (Phi) is 6.73. The Balaban J connectivity index is 1.76. The highest BCUT2D eigenvalue weighted by Crippen LogP contribution is 2.10. The summed E-state index contributed by atoms with van der Waals surface area (Å²) in [7, 11) is 1.74. The number of nitrogens with zero attached hydrogens (tertiary/aromatic N) is 3. The van der Waals surface area contributed by atoms with Crippen LogP contribution in [0.4, 0.5) is 5.69 Å². The van der Waals surface area contributed by atoms with Crippen molar-refractivity contribution in [3.05, 3.63) is 29.8 Å². The summed E-state index contributed by atoms with van der Waals surface area (Å²) in [6, 6.07) is 9.23. The monoisotopic (exact) mass is 330 g/mol. The maximum Gasteiger partial charge on any atom is 0.238 e. The predicted molar refractivity (Wildman–Crippen MR) is 89.3 cm³/mol. The molecule has 7 heteroatoms. The molecule has 1 heterocycles. The van der Waals surface area contributed by atoms with E-state index in [1.54, 1.807) is 29.0 Å². The zero-order valence-electron chi connectivity index (χ0n) is 13.8. The zero-order valence-corrected chi connectivity index (χ0v) is 13.8. The number of morpholine rings is 1. The van der Waals surface area contributed by atoms with Gasteiger partial charge >= 0.3 is 0 Å². The van der Waals surface area contributed by atoms with Crippen molar-refractivity contribution in [1.82, 2.24) is 9.80 Å². The van der Waals surface area contributed by atoms with Crippen LogP contribution in [0.2, 0.25) is 0 Å². The fraction of sp³-hybridized carbons (Fsp3) is 0.471. The number of nitriles is 1. The Hall–Kier alpha value is -2.43. The van der Waals surface area contributed by atoms with Gasteiger partial charge in [0.15, 0.2) is 0 Å². The predicted octanol–water partition coefficient (Wildman–Crippen LogP) is 0.482. The first-order valence-corrected chi connectivity index (χ1v) is 7.88. The molecule has 0 aromatic heterocycles. The van der Waals surface area contributed by atoms with Gasteiger partial charge in [-0.3, -0.25) is 14.5 Å². The lowest BCUT2D eigenvalue weighted by atomic mass is 10.1. The topological polar surface area (TPSA) is 85.7 Å². The molecule has 0 aliphatic carbocycles. The molecule has 1 aliphatic rings. The molecule has 2 rings (SSSR count). The van der Waals surface area contributed by atoms with Crippen molar-refractivity contribution in [2.75, 3.05) is 51.8 Å².